The minimum atomic E-state index is -1.40. The molecule has 1 aliphatic rings. The molecule has 1 N–H and O–H groups in total. The molecular formula is C39H23Br2NO. The Balaban J connectivity index is 1.51. The zero-order valence-corrected chi connectivity index (χ0v) is 26.0. The fraction of sp³-hybridized carbons (Fsp3) is 0.0256. The number of fused-ring (bicyclic) bond motifs is 10. The summed E-state index contributed by atoms with van der Waals surface area (Å²) in [5, 5.41) is 20.3. The maximum Gasteiger partial charge on any atom is 0.143 e. The molecule has 1 heterocycles. The molecule has 8 aromatic rings. The molecule has 1 aliphatic carbocycles. The third-order valence-corrected chi connectivity index (χ3v) is 10.0. The zero-order valence-electron chi connectivity index (χ0n) is 22.9. The second kappa shape index (κ2) is 9.14. The van der Waals surface area contributed by atoms with E-state index in [-0.39, 0.29) is 0 Å². The van der Waals surface area contributed by atoms with Crippen LogP contribution >= 0.6 is 31.9 Å². The molecule has 1 aromatic heterocycles. The summed E-state index contributed by atoms with van der Waals surface area (Å²) in [6.45, 7) is 0. The highest BCUT2D eigenvalue weighted by Gasteiger charge is 2.46. The second-order valence-corrected chi connectivity index (χ2v) is 13.1. The smallest absolute Gasteiger partial charge is 0.143 e. The summed E-state index contributed by atoms with van der Waals surface area (Å²) in [6, 6.07) is 46.7. The molecule has 0 radical (unpaired) electrons. The fourth-order valence-corrected chi connectivity index (χ4v) is 8.14. The molecule has 43 heavy (non-hydrogen) atoms. The van der Waals surface area contributed by atoms with Crippen LogP contribution in [0.5, 0.6) is 0 Å². The van der Waals surface area contributed by atoms with E-state index in [9.17, 15) is 5.11 Å². The minimum absolute atomic E-state index is 0.846. The molecule has 0 amide bonds. The van der Waals surface area contributed by atoms with Crippen LogP contribution in [0.25, 0.3) is 60.2 Å². The third kappa shape index (κ3) is 3.43. The molecule has 0 aliphatic heterocycles. The zero-order chi connectivity index (χ0) is 28.9. The molecule has 0 atom stereocenters. The highest BCUT2D eigenvalue weighted by Crippen LogP contribution is 2.57. The van der Waals surface area contributed by atoms with Crippen molar-refractivity contribution in [2.24, 2.45) is 0 Å². The van der Waals surface area contributed by atoms with Crippen LogP contribution in [-0.2, 0) is 5.60 Å². The van der Waals surface area contributed by atoms with E-state index in [1.807, 2.05) is 6.07 Å². The lowest BCUT2D eigenvalue weighted by atomic mass is 9.82. The van der Waals surface area contributed by atoms with E-state index in [0.29, 0.717) is 0 Å². The largest absolute Gasteiger partial charge is 0.376 e. The minimum Gasteiger partial charge on any atom is -0.376 e. The quantitative estimate of drug-likeness (QED) is 0.193. The summed E-state index contributed by atoms with van der Waals surface area (Å²) < 4.78 is 4.24. The van der Waals surface area contributed by atoms with Crippen molar-refractivity contribution < 1.29 is 5.11 Å². The van der Waals surface area contributed by atoms with Gasteiger partial charge in [-0.15, -0.1) is 0 Å². The van der Waals surface area contributed by atoms with Gasteiger partial charge in [-0.1, -0.05) is 123 Å². The summed E-state index contributed by atoms with van der Waals surface area (Å²) in [5.41, 5.74) is 6.58. The van der Waals surface area contributed by atoms with E-state index in [1.165, 1.54) is 0 Å². The van der Waals surface area contributed by atoms with Crippen LogP contribution < -0.4 is 0 Å². The van der Waals surface area contributed by atoms with E-state index in [1.54, 1.807) is 0 Å². The summed E-state index contributed by atoms with van der Waals surface area (Å²) in [5.74, 6) is 0. The van der Waals surface area contributed by atoms with Crippen molar-refractivity contribution in [2.45, 2.75) is 5.60 Å². The van der Waals surface area contributed by atoms with Gasteiger partial charge in [0, 0.05) is 42.1 Å². The van der Waals surface area contributed by atoms with Gasteiger partial charge < -0.3 is 9.67 Å². The van der Waals surface area contributed by atoms with Crippen molar-refractivity contribution in [3.63, 3.8) is 0 Å². The van der Waals surface area contributed by atoms with E-state index in [4.69, 9.17) is 0 Å². The molecule has 0 bridgehead atoms. The van der Waals surface area contributed by atoms with Crippen LogP contribution in [0, 0.1) is 0 Å². The maximum absolute atomic E-state index is 13.5. The SMILES string of the molecule is OC1(c2cc(Br)cc3c4cc(Br)ccc4n(-c4ccccc4)c23)c2ccc3ccccc3c2-c2c1ccc1ccccc21. The first-order valence-corrected chi connectivity index (χ1v) is 15.9. The third-order valence-electron chi connectivity index (χ3n) is 9.08. The molecule has 204 valence electrons. The first-order chi connectivity index (χ1) is 21.0. The van der Waals surface area contributed by atoms with E-state index in [0.717, 1.165) is 85.8 Å². The average molecular weight is 681 g/mol. The number of rotatable bonds is 2. The van der Waals surface area contributed by atoms with Crippen molar-refractivity contribution in [1.29, 1.82) is 0 Å². The number of nitrogens with zero attached hydrogens (tertiary/aromatic N) is 1. The Morgan fingerprint density at radius 1 is 0.488 bits per heavy atom. The number of aliphatic hydroxyl groups is 1. The van der Waals surface area contributed by atoms with Crippen LogP contribution in [0.4, 0.5) is 0 Å². The maximum atomic E-state index is 13.5. The molecule has 0 fully saturated rings. The van der Waals surface area contributed by atoms with Gasteiger partial charge >= 0.3 is 0 Å². The van der Waals surface area contributed by atoms with Gasteiger partial charge in [0.25, 0.3) is 0 Å². The average Bonchev–Trinajstić information content (AvgIpc) is 3.51. The molecule has 2 nitrogen and oxygen atoms in total. The first kappa shape index (κ1) is 25.3. The summed E-state index contributed by atoms with van der Waals surface area (Å²) >= 11 is 7.57. The summed E-state index contributed by atoms with van der Waals surface area (Å²) in [4.78, 5) is 0. The van der Waals surface area contributed by atoms with Crippen molar-refractivity contribution in [1.82, 2.24) is 4.57 Å². The van der Waals surface area contributed by atoms with Crippen LogP contribution in [0.1, 0.15) is 16.7 Å². The number of benzene rings is 7. The van der Waals surface area contributed by atoms with Crippen LogP contribution in [0.2, 0.25) is 0 Å². The Hall–Kier alpha value is -4.22. The fourth-order valence-electron chi connectivity index (χ4n) is 7.33. The lowest BCUT2D eigenvalue weighted by Crippen LogP contribution is -2.27. The van der Waals surface area contributed by atoms with Gasteiger partial charge in [0.2, 0.25) is 0 Å². The van der Waals surface area contributed by atoms with Gasteiger partial charge in [-0.2, -0.15) is 0 Å². The number of aromatic nitrogens is 1. The molecule has 4 heteroatoms. The second-order valence-electron chi connectivity index (χ2n) is 11.3. The molecule has 7 aromatic carbocycles. The van der Waals surface area contributed by atoms with Gasteiger partial charge in [0.15, 0.2) is 0 Å². The summed E-state index contributed by atoms with van der Waals surface area (Å²) in [7, 11) is 0. The highest BCUT2D eigenvalue weighted by molar-refractivity contribution is 9.10. The van der Waals surface area contributed by atoms with Gasteiger partial charge in [-0.3, -0.25) is 0 Å². The molecule has 0 unspecified atom stereocenters. The Morgan fingerprint density at radius 3 is 1.72 bits per heavy atom. The van der Waals surface area contributed by atoms with Crippen molar-refractivity contribution in [3.8, 4) is 16.8 Å². The van der Waals surface area contributed by atoms with E-state index in [2.05, 4.69) is 164 Å². The highest BCUT2D eigenvalue weighted by atomic mass is 79.9. The van der Waals surface area contributed by atoms with Crippen LogP contribution in [0.3, 0.4) is 0 Å². The number of hydrogen-bond acceptors (Lipinski definition) is 1. The molecule has 0 spiro atoms. The Bertz CT molecular complexity index is 2360. The predicted molar refractivity (Wildman–Crippen MR) is 185 cm³/mol. The van der Waals surface area contributed by atoms with Crippen molar-refractivity contribution in [2.75, 3.05) is 0 Å². The van der Waals surface area contributed by atoms with Crippen LogP contribution in [0.15, 0.2) is 142 Å². The van der Waals surface area contributed by atoms with Crippen molar-refractivity contribution in [3.05, 3.63) is 159 Å². The first-order valence-electron chi connectivity index (χ1n) is 14.3. The van der Waals surface area contributed by atoms with Gasteiger partial charge in [-0.05, 0) is 75.1 Å². The lowest BCUT2D eigenvalue weighted by Gasteiger charge is -2.29. The normalized spacial score (nSPS) is 13.7. The lowest BCUT2D eigenvalue weighted by molar-refractivity contribution is 0.132. The number of para-hydroxylation sites is 1. The molecule has 0 saturated carbocycles. The Morgan fingerprint density at radius 2 is 1.07 bits per heavy atom. The Labute approximate surface area is 265 Å². The standard InChI is InChI=1S/C39H23Br2NO/c40-25-16-19-35-30(20-25)31-21-26(41)22-34(38(31)42(35)27-10-2-1-3-11-27)39(43)32-17-14-23-8-4-6-12-28(23)36(32)37-29-13-7-5-9-24(29)15-18-33(37)39/h1-22,43H. The van der Waals surface area contributed by atoms with Crippen molar-refractivity contribution >= 4 is 75.2 Å². The van der Waals surface area contributed by atoms with Gasteiger partial charge in [0.05, 0.1) is 11.0 Å². The Kier molecular flexibility index (Phi) is 5.38. The molecular weight excluding hydrogens is 658 g/mol. The topological polar surface area (TPSA) is 25.2 Å². The van der Waals surface area contributed by atoms with Gasteiger partial charge in [-0.25, -0.2) is 0 Å². The van der Waals surface area contributed by atoms with E-state index >= 15 is 0 Å². The van der Waals surface area contributed by atoms with Gasteiger partial charge in [0.1, 0.15) is 5.60 Å². The van der Waals surface area contributed by atoms with Crippen LogP contribution in [-0.4, -0.2) is 9.67 Å². The van der Waals surface area contributed by atoms with E-state index < -0.39 is 5.60 Å². The molecule has 0 saturated heterocycles. The monoisotopic (exact) mass is 679 g/mol. The molecule has 9 rings (SSSR count). The predicted octanol–water partition coefficient (Wildman–Crippen LogP) is 10.9. The number of halogens is 2. The number of hydrogen-bond donors (Lipinski definition) is 1. The summed E-state index contributed by atoms with van der Waals surface area (Å²) in [6.07, 6.45) is 0.